The standard InChI is InChI=1S/C25H27N3O2/c1-16-24(2,3)13-22-21(12-23(29)30-22)25(16,27)11-10-19-9-8-18(15-28-19)20-7-5-4-6-17(20)14-26/h4-11,15-16,21-22H,12-13,27H2,1-3H3/b11-10+/t16-,21+,22+,25-/m1/s1. The Kier molecular flexibility index (Phi) is 4.99. The van der Waals surface area contributed by atoms with Gasteiger partial charge in [-0.15, -0.1) is 0 Å². The quantitative estimate of drug-likeness (QED) is 0.773. The maximum Gasteiger partial charge on any atom is 0.306 e. The van der Waals surface area contributed by atoms with Crippen LogP contribution in [0.1, 0.15) is 44.9 Å². The normalized spacial score (nSPS) is 30.0. The number of nitrogens with zero attached hydrogens (tertiary/aromatic N) is 2. The van der Waals surface area contributed by atoms with Gasteiger partial charge in [0.15, 0.2) is 0 Å². The molecule has 4 atom stereocenters. The SMILES string of the molecule is C[C@@H]1C(C)(C)C[C@@H]2OC(=O)C[C@@H]2[C@@]1(N)/C=C/c1ccc(-c2ccccc2C#N)cn1. The van der Waals surface area contributed by atoms with E-state index in [9.17, 15) is 10.1 Å². The van der Waals surface area contributed by atoms with Crippen molar-refractivity contribution in [2.75, 3.05) is 0 Å². The van der Waals surface area contributed by atoms with Gasteiger partial charge in [-0.2, -0.15) is 5.26 Å². The van der Waals surface area contributed by atoms with Gasteiger partial charge < -0.3 is 10.5 Å². The lowest BCUT2D eigenvalue weighted by Crippen LogP contribution is -2.61. The fourth-order valence-electron chi connectivity index (χ4n) is 4.98. The van der Waals surface area contributed by atoms with Crippen LogP contribution in [-0.4, -0.2) is 22.6 Å². The third-order valence-electron chi connectivity index (χ3n) is 7.10. The molecule has 1 saturated carbocycles. The number of benzene rings is 1. The van der Waals surface area contributed by atoms with Crippen molar-refractivity contribution < 1.29 is 9.53 Å². The topological polar surface area (TPSA) is 89.0 Å². The van der Waals surface area contributed by atoms with Gasteiger partial charge in [-0.25, -0.2) is 0 Å². The van der Waals surface area contributed by atoms with Crippen LogP contribution in [0, 0.1) is 28.6 Å². The molecule has 2 aliphatic rings. The van der Waals surface area contributed by atoms with E-state index in [1.807, 2.05) is 42.5 Å². The summed E-state index contributed by atoms with van der Waals surface area (Å²) in [6.45, 7) is 6.54. The van der Waals surface area contributed by atoms with Crippen molar-refractivity contribution in [3.63, 3.8) is 0 Å². The van der Waals surface area contributed by atoms with E-state index in [-0.39, 0.29) is 29.3 Å². The smallest absolute Gasteiger partial charge is 0.306 e. The number of carbonyl (C=O) groups is 1. The Balaban J connectivity index is 1.62. The van der Waals surface area contributed by atoms with Crippen LogP contribution in [0.4, 0.5) is 0 Å². The number of ether oxygens (including phenoxy) is 1. The third kappa shape index (κ3) is 3.42. The molecule has 1 aliphatic heterocycles. The van der Waals surface area contributed by atoms with E-state index in [2.05, 4.69) is 31.8 Å². The molecular formula is C25H27N3O2. The minimum Gasteiger partial charge on any atom is -0.462 e. The molecule has 30 heavy (non-hydrogen) atoms. The zero-order chi connectivity index (χ0) is 21.5. The molecular weight excluding hydrogens is 374 g/mol. The Morgan fingerprint density at radius 2 is 2.03 bits per heavy atom. The van der Waals surface area contributed by atoms with E-state index in [0.717, 1.165) is 23.2 Å². The van der Waals surface area contributed by atoms with Gasteiger partial charge in [0.05, 0.1) is 23.7 Å². The van der Waals surface area contributed by atoms with Gasteiger partial charge in [0, 0.05) is 28.8 Å². The lowest BCUT2D eigenvalue weighted by atomic mass is 9.55. The first-order chi connectivity index (χ1) is 14.2. The van der Waals surface area contributed by atoms with E-state index in [1.165, 1.54) is 0 Å². The number of hydrogen-bond donors (Lipinski definition) is 1. The maximum absolute atomic E-state index is 12.0. The van der Waals surface area contributed by atoms with Crippen molar-refractivity contribution in [1.29, 1.82) is 5.26 Å². The van der Waals surface area contributed by atoms with Crippen molar-refractivity contribution in [2.24, 2.45) is 23.0 Å². The van der Waals surface area contributed by atoms with Gasteiger partial charge in [-0.05, 0) is 36.0 Å². The fourth-order valence-corrected chi connectivity index (χ4v) is 4.98. The van der Waals surface area contributed by atoms with Crippen LogP contribution in [0.5, 0.6) is 0 Å². The molecule has 0 amide bonds. The molecule has 0 bridgehead atoms. The molecule has 1 aromatic carbocycles. The summed E-state index contributed by atoms with van der Waals surface area (Å²) >= 11 is 0. The number of carbonyl (C=O) groups excluding carboxylic acids is 1. The highest BCUT2D eigenvalue weighted by atomic mass is 16.5. The van der Waals surface area contributed by atoms with Crippen LogP contribution in [0.2, 0.25) is 0 Å². The van der Waals surface area contributed by atoms with E-state index >= 15 is 0 Å². The fraction of sp³-hybridized carbons (Fsp3) is 0.400. The second kappa shape index (κ2) is 7.37. The van der Waals surface area contributed by atoms with E-state index in [0.29, 0.717) is 12.0 Å². The molecule has 2 fully saturated rings. The molecule has 1 aromatic heterocycles. The van der Waals surface area contributed by atoms with Gasteiger partial charge in [0.1, 0.15) is 6.10 Å². The summed E-state index contributed by atoms with van der Waals surface area (Å²) in [5.74, 6) is 0.00148. The second-order valence-corrected chi connectivity index (χ2v) is 9.22. The summed E-state index contributed by atoms with van der Waals surface area (Å²) in [5, 5.41) is 9.32. The monoisotopic (exact) mass is 401 g/mol. The third-order valence-corrected chi connectivity index (χ3v) is 7.10. The summed E-state index contributed by atoms with van der Waals surface area (Å²) < 4.78 is 5.59. The first kappa shape index (κ1) is 20.3. The Bertz CT molecular complexity index is 1040. The molecule has 2 aromatic rings. The predicted molar refractivity (Wildman–Crippen MR) is 116 cm³/mol. The zero-order valence-electron chi connectivity index (χ0n) is 17.6. The summed E-state index contributed by atoms with van der Waals surface area (Å²) in [6.07, 6.45) is 6.81. The van der Waals surface area contributed by atoms with Gasteiger partial charge >= 0.3 is 5.97 Å². The lowest BCUT2D eigenvalue weighted by molar-refractivity contribution is -0.144. The molecule has 0 radical (unpaired) electrons. The Morgan fingerprint density at radius 3 is 2.73 bits per heavy atom. The number of rotatable bonds is 3. The number of fused-ring (bicyclic) bond motifs is 1. The number of nitriles is 1. The molecule has 1 saturated heterocycles. The highest BCUT2D eigenvalue weighted by Crippen LogP contribution is 2.52. The van der Waals surface area contributed by atoms with Gasteiger partial charge in [-0.1, -0.05) is 51.1 Å². The number of pyridine rings is 1. The molecule has 0 unspecified atom stereocenters. The van der Waals surface area contributed by atoms with Crippen molar-refractivity contribution in [3.8, 4) is 17.2 Å². The summed E-state index contributed by atoms with van der Waals surface area (Å²) in [7, 11) is 0. The molecule has 5 heteroatoms. The van der Waals surface area contributed by atoms with E-state index in [4.69, 9.17) is 10.5 Å². The Hall–Kier alpha value is -2.97. The number of hydrogen-bond acceptors (Lipinski definition) is 5. The van der Waals surface area contributed by atoms with E-state index < -0.39 is 5.54 Å². The van der Waals surface area contributed by atoms with Gasteiger partial charge in [-0.3, -0.25) is 9.78 Å². The molecule has 2 N–H and O–H groups in total. The molecule has 0 spiro atoms. The Morgan fingerprint density at radius 1 is 1.27 bits per heavy atom. The average Bonchev–Trinajstić information content (AvgIpc) is 3.11. The van der Waals surface area contributed by atoms with Crippen molar-refractivity contribution in [3.05, 3.63) is 59.9 Å². The van der Waals surface area contributed by atoms with Crippen molar-refractivity contribution in [1.82, 2.24) is 4.98 Å². The van der Waals surface area contributed by atoms with E-state index in [1.54, 1.807) is 12.3 Å². The number of esters is 1. The Labute approximate surface area is 177 Å². The molecule has 4 rings (SSSR count). The molecule has 2 heterocycles. The first-order valence-corrected chi connectivity index (χ1v) is 10.4. The van der Waals surface area contributed by atoms with Crippen molar-refractivity contribution >= 4 is 12.0 Å². The first-order valence-electron chi connectivity index (χ1n) is 10.4. The number of aromatic nitrogens is 1. The average molecular weight is 402 g/mol. The minimum atomic E-state index is -0.646. The predicted octanol–water partition coefficient (Wildman–Crippen LogP) is 4.33. The summed E-state index contributed by atoms with van der Waals surface area (Å²) in [4.78, 5) is 16.5. The largest absolute Gasteiger partial charge is 0.462 e. The summed E-state index contributed by atoms with van der Waals surface area (Å²) in [6, 6.07) is 13.6. The van der Waals surface area contributed by atoms with Crippen LogP contribution in [-0.2, 0) is 9.53 Å². The molecule has 5 nitrogen and oxygen atoms in total. The zero-order valence-corrected chi connectivity index (χ0v) is 17.6. The van der Waals surface area contributed by atoms with Crippen molar-refractivity contribution in [2.45, 2.75) is 45.3 Å². The van der Waals surface area contributed by atoms with Gasteiger partial charge in [0.25, 0.3) is 0 Å². The van der Waals surface area contributed by atoms with Crippen LogP contribution in [0.3, 0.4) is 0 Å². The molecule has 1 aliphatic carbocycles. The van der Waals surface area contributed by atoms with Crippen LogP contribution >= 0.6 is 0 Å². The van der Waals surface area contributed by atoms with Crippen LogP contribution in [0.25, 0.3) is 17.2 Å². The number of nitrogens with two attached hydrogens (primary N) is 1. The van der Waals surface area contributed by atoms with Crippen LogP contribution in [0.15, 0.2) is 48.7 Å². The highest BCUT2D eigenvalue weighted by Gasteiger charge is 2.57. The van der Waals surface area contributed by atoms with Crippen LogP contribution < -0.4 is 5.73 Å². The summed E-state index contributed by atoms with van der Waals surface area (Å²) in [5.41, 5.74) is 9.44. The van der Waals surface area contributed by atoms with Gasteiger partial charge in [0.2, 0.25) is 0 Å². The second-order valence-electron chi connectivity index (χ2n) is 9.22. The highest BCUT2D eigenvalue weighted by molar-refractivity contribution is 5.73. The lowest BCUT2D eigenvalue weighted by Gasteiger charge is -2.52. The minimum absolute atomic E-state index is 0.0222. The molecule has 154 valence electrons. The maximum atomic E-state index is 12.0.